The molecule has 0 aromatic heterocycles. The van der Waals surface area contributed by atoms with E-state index < -0.39 is 0 Å². The smallest absolute Gasteiger partial charge is 0.227 e. The molecule has 0 fully saturated rings. The number of amides is 2. The Kier molecular flexibility index (Phi) is 5.76. The molecule has 1 aliphatic rings. The van der Waals surface area contributed by atoms with Gasteiger partial charge in [-0.15, -0.1) is 11.8 Å². The van der Waals surface area contributed by atoms with Crippen molar-refractivity contribution in [3.05, 3.63) is 11.1 Å². The Bertz CT molecular complexity index is 305. The highest BCUT2D eigenvalue weighted by Crippen LogP contribution is 2.22. The molecule has 0 bridgehead atoms. The van der Waals surface area contributed by atoms with Crippen LogP contribution in [0.2, 0.25) is 0 Å². The van der Waals surface area contributed by atoms with Crippen LogP contribution in [0.25, 0.3) is 0 Å². The Morgan fingerprint density at radius 2 is 2.38 bits per heavy atom. The Labute approximate surface area is 104 Å². The molecule has 1 atom stereocenters. The van der Waals surface area contributed by atoms with Crippen molar-refractivity contribution >= 4 is 35.3 Å². The molecule has 0 aromatic rings. The van der Waals surface area contributed by atoms with Gasteiger partial charge >= 0.3 is 0 Å². The van der Waals surface area contributed by atoms with Gasteiger partial charge in [-0.1, -0.05) is 0 Å². The fraction of sp³-hybridized carbons (Fsp3) is 0.600. The lowest BCUT2D eigenvalue weighted by atomic mass is 10.4. The first kappa shape index (κ1) is 13.4. The minimum absolute atomic E-state index is 0.198. The van der Waals surface area contributed by atoms with E-state index in [1.807, 2.05) is 0 Å². The molecule has 0 aliphatic carbocycles. The second kappa shape index (κ2) is 6.85. The van der Waals surface area contributed by atoms with Gasteiger partial charge < -0.3 is 5.32 Å². The quantitative estimate of drug-likeness (QED) is 0.730. The van der Waals surface area contributed by atoms with Gasteiger partial charge in [0.2, 0.25) is 11.8 Å². The zero-order valence-electron chi connectivity index (χ0n) is 9.41. The van der Waals surface area contributed by atoms with Gasteiger partial charge in [-0.05, 0) is 12.3 Å². The Morgan fingerprint density at radius 1 is 1.62 bits per heavy atom. The van der Waals surface area contributed by atoms with Crippen molar-refractivity contribution < 1.29 is 9.59 Å². The molecule has 0 spiro atoms. The zero-order chi connectivity index (χ0) is 12.0. The summed E-state index contributed by atoms with van der Waals surface area (Å²) in [5.41, 5.74) is 1.22. The van der Waals surface area contributed by atoms with Crippen molar-refractivity contribution in [2.75, 3.05) is 11.5 Å². The fourth-order valence-corrected chi connectivity index (χ4v) is 2.90. The maximum Gasteiger partial charge on any atom is 0.227 e. The van der Waals surface area contributed by atoms with Crippen molar-refractivity contribution in [3.8, 4) is 0 Å². The molecule has 16 heavy (non-hydrogen) atoms. The minimum Gasteiger partial charge on any atom is -0.375 e. The highest BCUT2D eigenvalue weighted by Gasteiger charge is 2.11. The van der Waals surface area contributed by atoms with E-state index in [0.29, 0.717) is 11.8 Å². The summed E-state index contributed by atoms with van der Waals surface area (Å²) in [5.74, 6) is 1.14. The van der Waals surface area contributed by atoms with E-state index >= 15 is 0 Å². The molecule has 1 unspecified atom stereocenters. The predicted molar refractivity (Wildman–Crippen MR) is 69.0 cm³/mol. The van der Waals surface area contributed by atoms with Crippen LogP contribution < -0.4 is 10.6 Å². The van der Waals surface area contributed by atoms with Crippen LogP contribution in [0, 0.1) is 0 Å². The molecule has 2 amide bonds. The zero-order valence-corrected chi connectivity index (χ0v) is 11.0. The van der Waals surface area contributed by atoms with Gasteiger partial charge in [0.05, 0.1) is 5.37 Å². The minimum atomic E-state index is -0.291. The first-order valence-corrected chi connectivity index (χ1v) is 7.17. The molecule has 1 heterocycles. The molecule has 1 aliphatic heterocycles. The van der Waals surface area contributed by atoms with Gasteiger partial charge in [0.15, 0.2) is 0 Å². The molecule has 6 heteroatoms. The van der Waals surface area contributed by atoms with Crippen molar-refractivity contribution in [1.29, 1.82) is 0 Å². The van der Waals surface area contributed by atoms with Crippen LogP contribution in [0.1, 0.15) is 20.3 Å². The van der Waals surface area contributed by atoms with Crippen molar-refractivity contribution in [3.63, 3.8) is 0 Å². The Hall–Kier alpha value is -0.620. The first-order valence-electron chi connectivity index (χ1n) is 5.07. The molecule has 0 aromatic carbocycles. The molecular formula is C10H16N2O2S2. The van der Waals surface area contributed by atoms with Gasteiger partial charge in [-0.2, -0.15) is 11.8 Å². The summed E-state index contributed by atoms with van der Waals surface area (Å²) in [6.45, 7) is 3.45. The number of rotatable bonds is 5. The second-order valence-corrected chi connectivity index (χ2v) is 5.79. The van der Waals surface area contributed by atoms with E-state index in [-0.39, 0.29) is 11.8 Å². The van der Waals surface area contributed by atoms with Crippen LogP contribution in [-0.4, -0.2) is 28.7 Å². The second-order valence-electron chi connectivity index (χ2n) is 3.47. The highest BCUT2D eigenvalue weighted by atomic mass is 32.2. The molecular weight excluding hydrogens is 244 g/mol. The summed E-state index contributed by atoms with van der Waals surface area (Å²) in [7, 11) is 0. The summed E-state index contributed by atoms with van der Waals surface area (Å²) in [6.07, 6.45) is 0.389. The van der Waals surface area contributed by atoms with E-state index in [1.54, 1.807) is 23.5 Å². The largest absolute Gasteiger partial charge is 0.375 e. The lowest BCUT2D eigenvalue weighted by Gasteiger charge is -2.06. The van der Waals surface area contributed by atoms with Crippen LogP contribution in [-0.2, 0) is 9.59 Å². The van der Waals surface area contributed by atoms with Crippen LogP contribution >= 0.6 is 23.5 Å². The topological polar surface area (TPSA) is 58.2 Å². The number of hydrogen-bond donors (Lipinski definition) is 2. The third-order valence-corrected chi connectivity index (χ3v) is 3.80. The van der Waals surface area contributed by atoms with E-state index in [1.165, 1.54) is 12.6 Å². The van der Waals surface area contributed by atoms with Crippen molar-refractivity contribution in [2.45, 2.75) is 25.6 Å². The van der Waals surface area contributed by atoms with Gasteiger partial charge in [0, 0.05) is 30.5 Å². The lowest BCUT2D eigenvalue weighted by Crippen LogP contribution is -2.28. The van der Waals surface area contributed by atoms with Crippen molar-refractivity contribution in [1.82, 2.24) is 10.6 Å². The molecule has 1 rings (SSSR count). The molecule has 0 radical (unpaired) electrons. The SMILES string of the molecule is CC(=O)NC(=O)CCSCC1=CSC(C)N1. The molecule has 90 valence electrons. The third kappa shape index (κ3) is 5.46. The van der Waals surface area contributed by atoms with E-state index in [0.717, 1.165) is 11.5 Å². The van der Waals surface area contributed by atoms with Gasteiger partial charge in [-0.3, -0.25) is 14.9 Å². The molecule has 0 saturated heterocycles. The fourth-order valence-electron chi connectivity index (χ4n) is 1.19. The summed E-state index contributed by atoms with van der Waals surface area (Å²) in [4.78, 5) is 21.7. The number of carbonyl (C=O) groups excluding carboxylic acids is 2. The average molecular weight is 260 g/mol. The number of imide groups is 1. The lowest BCUT2D eigenvalue weighted by molar-refractivity contribution is -0.128. The van der Waals surface area contributed by atoms with Crippen LogP contribution in [0.5, 0.6) is 0 Å². The summed E-state index contributed by atoms with van der Waals surface area (Å²) < 4.78 is 0. The Morgan fingerprint density at radius 3 is 2.94 bits per heavy atom. The number of hydrogen-bond acceptors (Lipinski definition) is 5. The highest BCUT2D eigenvalue weighted by molar-refractivity contribution is 8.03. The summed E-state index contributed by atoms with van der Waals surface area (Å²) in [5, 5.41) is 8.15. The third-order valence-electron chi connectivity index (χ3n) is 1.85. The normalized spacial score (nSPS) is 18.9. The number of carbonyl (C=O) groups is 2. The molecule has 2 N–H and O–H groups in total. The average Bonchev–Trinajstić information content (AvgIpc) is 2.58. The monoisotopic (exact) mass is 260 g/mol. The van der Waals surface area contributed by atoms with Crippen LogP contribution in [0.3, 0.4) is 0 Å². The maximum absolute atomic E-state index is 11.1. The van der Waals surface area contributed by atoms with Gasteiger partial charge in [-0.25, -0.2) is 0 Å². The van der Waals surface area contributed by atoms with Crippen LogP contribution in [0.15, 0.2) is 11.1 Å². The summed E-state index contributed by atoms with van der Waals surface area (Å²) >= 11 is 3.46. The van der Waals surface area contributed by atoms with Gasteiger partial charge in [0.25, 0.3) is 0 Å². The molecule has 0 saturated carbocycles. The van der Waals surface area contributed by atoms with Gasteiger partial charge in [0.1, 0.15) is 0 Å². The molecule has 4 nitrogen and oxygen atoms in total. The van der Waals surface area contributed by atoms with Crippen LogP contribution in [0.4, 0.5) is 0 Å². The maximum atomic E-state index is 11.1. The van der Waals surface area contributed by atoms with E-state index in [9.17, 15) is 9.59 Å². The number of nitrogens with one attached hydrogen (secondary N) is 2. The van der Waals surface area contributed by atoms with E-state index in [4.69, 9.17) is 0 Å². The summed E-state index contributed by atoms with van der Waals surface area (Å²) in [6, 6.07) is 0. The standard InChI is InChI=1S/C10H16N2O2S2/c1-7(13)11-10(14)3-4-15-5-9-6-16-8(2)12-9/h6,8,12H,3-5H2,1-2H3,(H,11,13,14). The predicted octanol–water partition coefficient (Wildman–Crippen LogP) is 1.30. The van der Waals surface area contributed by atoms with E-state index in [2.05, 4.69) is 23.0 Å². The number of thioether (sulfide) groups is 2. The Balaban J connectivity index is 2.04. The first-order chi connectivity index (χ1) is 7.58. The van der Waals surface area contributed by atoms with Crippen molar-refractivity contribution in [2.24, 2.45) is 0 Å².